The minimum absolute atomic E-state index is 0.0774. The highest BCUT2D eigenvalue weighted by Gasteiger charge is 2.45. The zero-order valence-corrected chi connectivity index (χ0v) is 13.2. The Morgan fingerprint density at radius 3 is 2.65 bits per heavy atom. The topological polar surface area (TPSA) is 58.8 Å². The van der Waals surface area contributed by atoms with Crippen LogP contribution in [0.5, 0.6) is 0 Å². The van der Waals surface area contributed by atoms with Crippen molar-refractivity contribution < 1.29 is 9.53 Å². The number of hydrogen-bond acceptors (Lipinski definition) is 4. The molecule has 2 rings (SSSR count). The maximum atomic E-state index is 13.0. The molecule has 2 N–H and O–H groups in total. The lowest BCUT2D eigenvalue weighted by Gasteiger charge is -2.42. The lowest BCUT2D eigenvalue weighted by molar-refractivity contribution is -0.144. The monoisotopic (exact) mass is 299 g/mol. The molecule has 1 atom stereocenters. The predicted octanol–water partition coefficient (Wildman–Crippen LogP) is 0.622. The second-order valence-corrected chi connectivity index (χ2v) is 6.47. The van der Waals surface area contributed by atoms with Gasteiger partial charge >= 0.3 is 0 Å². The van der Waals surface area contributed by atoms with Crippen LogP contribution in [0.15, 0.2) is 0 Å². The number of likely N-dealkylation sites (tertiary alicyclic amines) is 1. The highest BCUT2D eigenvalue weighted by Crippen LogP contribution is 2.34. The van der Waals surface area contributed by atoms with Crippen LogP contribution in [0.4, 0.5) is 0 Å². The summed E-state index contributed by atoms with van der Waals surface area (Å²) in [5.41, 5.74) is 5.22. The maximum absolute atomic E-state index is 13.0. The Morgan fingerprint density at radius 1 is 1.45 bits per heavy atom. The van der Waals surface area contributed by atoms with Gasteiger partial charge in [0.05, 0.1) is 4.99 Å². The number of piperidine rings is 1. The summed E-state index contributed by atoms with van der Waals surface area (Å²) in [5, 5.41) is 0. The lowest BCUT2D eigenvalue weighted by Crippen LogP contribution is -2.56. The molecule has 2 fully saturated rings. The smallest absolute Gasteiger partial charge is 0.235 e. The van der Waals surface area contributed by atoms with Gasteiger partial charge in [0.2, 0.25) is 5.91 Å². The molecule has 0 aliphatic carbocycles. The molecule has 0 aromatic carbocycles. The summed E-state index contributed by atoms with van der Waals surface area (Å²) in [4.78, 5) is 17.4. The molecule has 1 unspecified atom stereocenters. The highest BCUT2D eigenvalue weighted by molar-refractivity contribution is 7.80. The number of ether oxygens (including phenoxy) is 1. The molecule has 0 radical (unpaired) electrons. The first-order valence-corrected chi connectivity index (χ1v) is 7.71. The van der Waals surface area contributed by atoms with E-state index in [1.165, 1.54) is 0 Å². The van der Waals surface area contributed by atoms with Crippen molar-refractivity contribution in [3.63, 3.8) is 0 Å². The molecule has 0 aromatic heterocycles. The average Bonchev–Trinajstić information content (AvgIpc) is 2.46. The van der Waals surface area contributed by atoms with E-state index >= 15 is 0 Å². The van der Waals surface area contributed by atoms with Crippen LogP contribution >= 0.6 is 12.2 Å². The van der Waals surface area contributed by atoms with Gasteiger partial charge in [0.25, 0.3) is 0 Å². The largest absolute Gasteiger partial charge is 0.392 e. The third-order valence-corrected chi connectivity index (χ3v) is 5.09. The second kappa shape index (κ2) is 6.37. The Morgan fingerprint density at radius 2 is 2.10 bits per heavy atom. The maximum Gasteiger partial charge on any atom is 0.235 e. The number of amides is 1. The Hall–Kier alpha value is -0.720. The molecule has 0 bridgehead atoms. The van der Waals surface area contributed by atoms with Crippen molar-refractivity contribution in [3.05, 3.63) is 0 Å². The van der Waals surface area contributed by atoms with Crippen molar-refractivity contribution in [3.8, 4) is 0 Å². The summed E-state index contributed by atoms with van der Waals surface area (Å²) in [6, 6.07) is 0.260. The molecule has 0 spiro atoms. The molecule has 2 aliphatic rings. The first kappa shape index (κ1) is 15.7. The van der Waals surface area contributed by atoms with Crippen molar-refractivity contribution in [1.29, 1.82) is 0 Å². The molecular weight excluding hydrogens is 274 g/mol. The first-order chi connectivity index (χ1) is 9.47. The Balaban J connectivity index is 2.12. The molecule has 114 valence electrons. The molecule has 6 heteroatoms. The molecular formula is C14H25N3O2S. The molecule has 2 heterocycles. The summed E-state index contributed by atoms with van der Waals surface area (Å²) in [5.74, 6) is 0.0774. The number of hydrogen-bond donors (Lipinski definition) is 1. The molecule has 0 saturated carbocycles. The fourth-order valence-corrected chi connectivity index (χ4v) is 3.54. The fraction of sp³-hybridized carbons (Fsp3) is 0.857. The lowest BCUT2D eigenvalue weighted by atomic mass is 9.78. The van der Waals surface area contributed by atoms with Crippen LogP contribution in [0, 0.1) is 5.41 Å². The van der Waals surface area contributed by atoms with Gasteiger partial charge in [-0.05, 0) is 39.3 Å². The Kier molecular flexibility index (Phi) is 4.99. The third kappa shape index (κ3) is 2.97. The Bertz CT molecular complexity index is 383. The molecule has 0 aromatic rings. The zero-order valence-electron chi connectivity index (χ0n) is 12.4. The number of nitrogens with zero attached hydrogens (tertiary/aromatic N) is 2. The second-order valence-electron chi connectivity index (χ2n) is 6.03. The minimum Gasteiger partial charge on any atom is -0.392 e. The Labute approximate surface area is 126 Å². The molecule has 1 amide bonds. The third-order valence-electron chi connectivity index (χ3n) is 4.70. The SMILES string of the molecule is CN1CCCC(N(C)C(=O)C2(C(N)=S)CCOCC2)C1. The summed E-state index contributed by atoms with van der Waals surface area (Å²) < 4.78 is 5.37. The highest BCUT2D eigenvalue weighted by atomic mass is 32.1. The van der Waals surface area contributed by atoms with E-state index < -0.39 is 5.41 Å². The van der Waals surface area contributed by atoms with E-state index in [1.54, 1.807) is 0 Å². The van der Waals surface area contributed by atoms with Crippen molar-refractivity contribution in [2.24, 2.45) is 11.1 Å². The van der Waals surface area contributed by atoms with Gasteiger partial charge in [0.1, 0.15) is 5.41 Å². The van der Waals surface area contributed by atoms with Gasteiger partial charge < -0.3 is 20.3 Å². The summed E-state index contributed by atoms with van der Waals surface area (Å²) in [6.45, 7) is 3.14. The zero-order chi connectivity index (χ0) is 14.8. The van der Waals surface area contributed by atoms with E-state index in [0.717, 1.165) is 25.9 Å². The van der Waals surface area contributed by atoms with Crippen LogP contribution in [0.25, 0.3) is 0 Å². The summed E-state index contributed by atoms with van der Waals surface area (Å²) >= 11 is 5.21. The minimum atomic E-state index is -0.696. The van der Waals surface area contributed by atoms with E-state index in [2.05, 4.69) is 11.9 Å². The molecule has 2 saturated heterocycles. The quantitative estimate of drug-likeness (QED) is 0.774. The van der Waals surface area contributed by atoms with Gasteiger partial charge in [-0.25, -0.2) is 0 Å². The number of carbonyl (C=O) groups is 1. The summed E-state index contributed by atoms with van der Waals surface area (Å²) in [7, 11) is 3.99. The van der Waals surface area contributed by atoms with Gasteiger partial charge in [-0.3, -0.25) is 4.79 Å². The van der Waals surface area contributed by atoms with E-state index in [-0.39, 0.29) is 11.9 Å². The van der Waals surface area contributed by atoms with E-state index in [1.807, 2.05) is 11.9 Å². The number of rotatable bonds is 3. The molecule has 2 aliphatic heterocycles. The number of likely N-dealkylation sites (N-methyl/N-ethyl adjacent to an activating group) is 2. The summed E-state index contributed by atoms with van der Waals surface area (Å²) in [6.07, 6.45) is 3.39. The van der Waals surface area contributed by atoms with Gasteiger partial charge in [-0.1, -0.05) is 12.2 Å². The number of carbonyl (C=O) groups excluding carboxylic acids is 1. The van der Waals surface area contributed by atoms with Crippen molar-refractivity contribution in [1.82, 2.24) is 9.80 Å². The van der Waals surface area contributed by atoms with Gasteiger partial charge in [-0.2, -0.15) is 0 Å². The number of thiocarbonyl (C=S) groups is 1. The van der Waals surface area contributed by atoms with Gasteiger partial charge in [0, 0.05) is 32.8 Å². The first-order valence-electron chi connectivity index (χ1n) is 7.31. The van der Waals surface area contributed by atoms with Crippen LogP contribution in [0.3, 0.4) is 0 Å². The van der Waals surface area contributed by atoms with Gasteiger partial charge in [-0.15, -0.1) is 0 Å². The van der Waals surface area contributed by atoms with Crippen LogP contribution in [0.1, 0.15) is 25.7 Å². The van der Waals surface area contributed by atoms with Crippen molar-refractivity contribution in [2.45, 2.75) is 31.7 Å². The van der Waals surface area contributed by atoms with Gasteiger partial charge in [0.15, 0.2) is 0 Å². The normalized spacial score (nSPS) is 27.0. The predicted molar refractivity (Wildman–Crippen MR) is 82.6 cm³/mol. The van der Waals surface area contributed by atoms with E-state index in [0.29, 0.717) is 31.0 Å². The van der Waals surface area contributed by atoms with Crippen LogP contribution < -0.4 is 5.73 Å². The molecule has 5 nitrogen and oxygen atoms in total. The van der Waals surface area contributed by atoms with Crippen LogP contribution in [0.2, 0.25) is 0 Å². The molecule has 20 heavy (non-hydrogen) atoms. The fourth-order valence-electron chi connectivity index (χ4n) is 3.24. The van der Waals surface area contributed by atoms with Crippen molar-refractivity contribution >= 4 is 23.1 Å². The number of nitrogens with two attached hydrogens (primary N) is 1. The van der Waals surface area contributed by atoms with Crippen molar-refractivity contribution in [2.75, 3.05) is 40.4 Å². The standard InChI is InChI=1S/C14H25N3O2S/c1-16-7-3-4-11(10-16)17(2)13(18)14(12(15)20)5-8-19-9-6-14/h11H,3-10H2,1-2H3,(H2,15,20). The van der Waals surface area contributed by atoms with Crippen LogP contribution in [-0.4, -0.2) is 67.1 Å². The van der Waals surface area contributed by atoms with Crippen LogP contribution in [-0.2, 0) is 9.53 Å². The average molecular weight is 299 g/mol. The van der Waals surface area contributed by atoms with E-state index in [9.17, 15) is 4.79 Å². The van der Waals surface area contributed by atoms with E-state index in [4.69, 9.17) is 22.7 Å².